The number of carbonyl (C=O) groups excluding carboxylic acids is 2. The van der Waals surface area contributed by atoms with Crippen LogP contribution < -0.4 is 9.80 Å². The van der Waals surface area contributed by atoms with E-state index in [9.17, 15) is 27.6 Å². The number of anilines is 2. The van der Waals surface area contributed by atoms with Crippen molar-refractivity contribution in [2.24, 2.45) is 11.8 Å². The molecular formula is C19H25FN4O6S. The van der Waals surface area contributed by atoms with Crippen LogP contribution in [0.3, 0.4) is 0 Å². The second-order valence-corrected chi connectivity index (χ2v) is 10.3. The summed E-state index contributed by atoms with van der Waals surface area (Å²) in [7, 11) is -3.22. The molecule has 170 valence electrons. The van der Waals surface area contributed by atoms with E-state index in [4.69, 9.17) is 4.74 Å². The second kappa shape index (κ2) is 7.92. The molecule has 1 aromatic carbocycles. The minimum Gasteiger partial charge on any atom is -0.442 e. The van der Waals surface area contributed by atoms with E-state index in [1.807, 2.05) is 4.90 Å². The van der Waals surface area contributed by atoms with E-state index in [2.05, 4.69) is 0 Å². The normalized spacial score (nSPS) is 26.3. The predicted octanol–water partition coefficient (Wildman–Crippen LogP) is 0.716. The monoisotopic (exact) mass is 456 g/mol. The van der Waals surface area contributed by atoms with Crippen LogP contribution in [0.25, 0.3) is 0 Å². The molecule has 1 N–H and O–H groups in total. The molecule has 0 aromatic heterocycles. The quantitative estimate of drug-likeness (QED) is 0.513. The molecule has 31 heavy (non-hydrogen) atoms. The average Bonchev–Trinajstić information content (AvgIpc) is 3.34. The molecular weight excluding hydrogens is 431 g/mol. The first-order valence-corrected chi connectivity index (χ1v) is 11.8. The Balaban J connectivity index is 1.42. The van der Waals surface area contributed by atoms with Crippen molar-refractivity contribution in [3.05, 3.63) is 24.0 Å². The summed E-state index contributed by atoms with van der Waals surface area (Å²) in [5.74, 6) is -0.738. The van der Waals surface area contributed by atoms with Gasteiger partial charge in [0.25, 0.3) is 0 Å². The van der Waals surface area contributed by atoms with Gasteiger partial charge in [-0.1, -0.05) is 0 Å². The molecule has 0 spiro atoms. The number of nitrogens with zero attached hydrogens (tertiary/aromatic N) is 4. The van der Waals surface area contributed by atoms with Crippen LogP contribution in [0.15, 0.2) is 18.2 Å². The van der Waals surface area contributed by atoms with Gasteiger partial charge in [-0.15, -0.1) is 0 Å². The molecule has 3 heterocycles. The number of hydroxylamine groups is 2. The molecule has 0 bridgehead atoms. The molecule has 0 saturated carbocycles. The third-order valence-corrected chi connectivity index (χ3v) is 7.36. The van der Waals surface area contributed by atoms with Gasteiger partial charge in [0, 0.05) is 33.1 Å². The molecule has 12 heteroatoms. The van der Waals surface area contributed by atoms with Crippen molar-refractivity contribution in [1.82, 2.24) is 9.37 Å². The highest BCUT2D eigenvalue weighted by molar-refractivity contribution is 7.88. The van der Waals surface area contributed by atoms with Gasteiger partial charge in [0.1, 0.15) is 11.9 Å². The van der Waals surface area contributed by atoms with Crippen LogP contribution in [0.5, 0.6) is 0 Å². The fourth-order valence-corrected chi connectivity index (χ4v) is 5.41. The van der Waals surface area contributed by atoms with E-state index >= 15 is 0 Å². The van der Waals surface area contributed by atoms with Gasteiger partial charge in [0.05, 0.1) is 30.7 Å². The van der Waals surface area contributed by atoms with E-state index < -0.39 is 33.9 Å². The number of rotatable bonds is 5. The molecule has 3 saturated heterocycles. The predicted molar refractivity (Wildman–Crippen MR) is 109 cm³/mol. The Labute approximate surface area is 179 Å². The number of amides is 2. The topological polar surface area (TPSA) is 111 Å². The largest absolute Gasteiger partial charge is 0.442 e. The van der Waals surface area contributed by atoms with Crippen LogP contribution >= 0.6 is 0 Å². The maximum atomic E-state index is 14.9. The van der Waals surface area contributed by atoms with E-state index in [1.165, 1.54) is 28.5 Å². The van der Waals surface area contributed by atoms with Crippen LogP contribution in [0.1, 0.15) is 6.92 Å². The Kier molecular flexibility index (Phi) is 5.56. The highest BCUT2D eigenvalue weighted by atomic mass is 32.2. The van der Waals surface area contributed by atoms with Crippen LogP contribution in [0.4, 0.5) is 20.6 Å². The Bertz CT molecular complexity index is 991. The van der Waals surface area contributed by atoms with Gasteiger partial charge in [0.15, 0.2) is 0 Å². The van der Waals surface area contributed by atoms with Crippen LogP contribution in [-0.4, -0.2) is 86.6 Å². The molecule has 10 nitrogen and oxygen atoms in total. The molecule has 1 aromatic rings. The highest BCUT2D eigenvalue weighted by Crippen LogP contribution is 2.37. The van der Waals surface area contributed by atoms with E-state index in [1.54, 1.807) is 12.1 Å². The summed E-state index contributed by atoms with van der Waals surface area (Å²) in [5.41, 5.74) is 0.731. The molecule has 4 rings (SSSR count). The van der Waals surface area contributed by atoms with Crippen LogP contribution in [-0.2, 0) is 19.6 Å². The van der Waals surface area contributed by atoms with Crippen molar-refractivity contribution >= 4 is 33.4 Å². The summed E-state index contributed by atoms with van der Waals surface area (Å²) in [6.07, 6.45) is -0.193. The zero-order valence-electron chi connectivity index (χ0n) is 17.3. The minimum absolute atomic E-state index is 0.0805. The first kappa shape index (κ1) is 21.8. The Morgan fingerprint density at radius 3 is 2.42 bits per heavy atom. The van der Waals surface area contributed by atoms with Gasteiger partial charge < -0.3 is 9.64 Å². The van der Waals surface area contributed by atoms with Crippen molar-refractivity contribution in [3.63, 3.8) is 0 Å². The molecule has 3 aliphatic heterocycles. The number of cyclic esters (lactones) is 1. The van der Waals surface area contributed by atoms with Gasteiger partial charge >= 0.3 is 6.09 Å². The summed E-state index contributed by atoms with van der Waals surface area (Å²) in [4.78, 5) is 26.5. The van der Waals surface area contributed by atoms with Gasteiger partial charge in [-0.25, -0.2) is 27.0 Å². The van der Waals surface area contributed by atoms with Crippen LogP contribution in [0.2, 0.25) is 0 Å². The van der Waals surface area contributed by atoms with Crippen molar-refractivity contribution < 1.29 is 32.3 Å². The molecule has 1 unspecified atom stereocenters. The van der Waals surface area contributed by atoms with E-state index in [0.717, 1.165) is 0 Å². The number of hydrogen-bond donors (Lipinski definition) is 1. The van der Waals surface area contributed by atoms with Crippen LogP contribution in [0, 0.1) is 17.7 Å². The lowest BCUT2D eigenvalue weighted by Crippen LogP contribution is -2.35. The lowest BCUT2D eigenvalue weighted by molar-refractivity contribution is -0.166. The Morgan fingerprint density at radius 1 is 1.23 bits per heavy atom. The fraction of sp³-hybridized carbons (Fsp3) is 0.579. The molecule has 0 aliphatic carbocycles. The lowest BCUT2D eigenvalue weighted by atomic mass is 10.0. The van der Waals surface area contributed by atoms with Gasteiger partial charge in [-0.3, -0.25) is 14.9 Å². The number of fused-ring (bicyclic) bond motifs is 1. The highest BCUT2D eigenvalue weighted by Gasteiger charge is 2.43. The van der Waals surface area contributed by atoms with Crippen molar-refractivity contribution in [2.45, 2.75) is 13.0 Å². The van der Waals surface area contributed by atoms with Crippen molar-refractivity contribution in [1.29, 1.82) is 0 Å². The summed E-state index contributed by atoms with van der Waals surface area (Å²) in [6, 6.07) is 4.49. The smallest absolute Gasteiger partial charge is 0.414 e. The van der Waals surface area contributed by atoms with E-state index in [0.29, 0.717) is 42.6 Å². The summed E-state index contributed by atoms with van der Waals surface area (Å²) in [6.45, 7) is 3.13. The Hall–Kier alpha value is -2.44. The fourth-order valence-electron chi connectivity index (χ4n) is 4.49. The number of carbonyl (C=O) groups is 2. The van der Waals surface area contributed by atoms with E-state index in [-0.39, 0.29) is 24.9 Å². The molecule has 3 fully saturated rings. The lowest BCUT2D eigenvalue weighted by Gasteiger charge is -2.23. The zero-order valence-corrected chi connectivity index (χ0v) is 18.1. The molecule has 0 radical (unpaired) electrons. The van der Waals surface area contributed by atoms with Crippen molar-refractivity contribution in [3.8, 4) is 0 Å². The number of halogens is 1. The summed E-state index contributed by atoms with van der Waals surface area (Å²) >= 11 is 0. The minimum atomic E-state index is -3.22. The summed E-state index contributed by atoms with van der Waals surface area (Å²) < 4.78 is 45.1. The molecule has 2 amide bonds. The maximum absolute atomic E-state index is 14.9. The average molecular weight is 456 g/mol. The first-order valence-electron chi connectivity index (χ1n) is 9.97. The number of hydrogen-bond acceptors (Lipinski definition) is 7. The molecule has 3 atom stereocenters. The number of sulfonamides is 1. The zero-order chi connectivity index (χ0) is 22.5. The number of ether oxygens (including phenoxy) is 1. The van der Waals surface area contributed by atoms with Crippen molar-refractivity contribution in [2.75, 3.05) is 55.3 Å². The third kappa shape index (κ3) is 4.32. The van der Waals surface area contributed by atoms with Gasteiger partial charge in [-0.2, -0.15) is 0 Å². The second-order valence-electron chi connectivity index (χ2n) is 8.36. The third-order valence-electron chi connectivity index (χ3n) is 6.12. The van der Waals surface area contributed by atoms with Gasteiger partial charge in [0.2, 0.25) is 15.9 Å². The Morgan fingerprint density at radius 2 is 1.87 bits per heavy atom. The van der Waals surface area contributed by atoms with Gasteiger partial charge in [-0.05, 0) is 30.0 Å². The SMILES string of the molecule is CC(=O)N(O)CC1CN(c2ccc(N3C[C@@H]4CN(S(C)(=O)=O)C[C@@H]4C3)c(F)c2)C(=O)O1. The number of benzene rings is 1. The maximum Gasteiger partial charge on any atom is 0.414 e. The standard InChI is InChI=1S/C19H25FN4O6S/c1-12(25)24(27)11-16-10-23(19(26)30-16)15-3-4-18(17(20)5-15)21-6-13-8-22(31(2,28)29)9-14(13)7-21/h3-5,13-14,16,27H,6-11H2,1-2H3/t13-,14+,16?. The molecule has 3 aliphatic rings. The first-order chi connectivity index (χ1) is 14.5. The summed E-state index contributed by atoms with van der Waals surface area (Å²) in [5, 5.41) is 10.0.